The van der Waals surface area contributed by atoms with Crippen LogP contribution in [-0.2, 0) is 5.41 Å². The minimum absolute atomic E-state index is 0.169. The van der Waals surface area contributed by atoms with Crippen LogP contribution in [0.1, 0.15) is 51.3 Å². The van der Waals surface area contributed by atoms with Crippen molar-refractivity contribution in [2.75, 3.05) is 0 Å². The van der Waals surface area contributed by atoms with Crippen LogP contribution >= 0.6 is 0 Å². The maximum atomic E-state index is 6.43. The summed E-state index contributed by atoms with van der Waals surface area (Å²) >= 11 is 0. The Bertz CT molecular complexity index is 3200. The second kappa shape index (κ2) is 14.7. The molecular formula is C58H42N3O+. The molecule has 2 aliphatic rings. The number of para-hydroxylation sites is 1. The molecule has 0 amide bonds. The number of aliphatic imine (C=N–C) groups is 1. The molecule has 1 aliphatic carbocycles. The standard InChI is InChI=1S/C58H41N3O/c1-5-17-38(18-6-1)42-33-43(39-19-7-2-8-20-39)35-44(34-42)57-60-55(59-56(61-57)41-30-32-50-49-26-14-16-28-53(49)62-54(50)37-41)40-29-31-48-47-25-13-15-27-51(47)58(52(48)36-40,45-21-9-3-10-22-45)46-23-11-4-12-24-46/h1-37,55,57,60H,(H,59,61)/p+1. The molecule has 12 rings (SSSR count). The predicted molar refractivity (Wildman–Crippen MR) is 252 cm³/mol. The lowest BCUT2D eigenvalue weighted by molar-refractivity contribution is -0.739. The molecule has 0 radical (unpaired) electrons. The monoisotopic (exact) mass is 796 g/mol. The first kappa shape index (κ1) is 36.1. The van der Waals surface area contributed by atoms with E-state index >= 15 is 0 Å². The summed E-state index contributed by atoms with van der Waals surface area (Å²) in [4.78, 5) is 5.57. The Morgan fingerprint density at radius 2 is 1.00 bits per heavy atom. The minimum Gasteiger partial charge on any atom is -0.456 e. The third-order valence-electron chi connectivity index (χ3n) is 12.9. The van der Waals surface area contributed by atoms with Gasteiger partial charge in [-0.1, -0.05) is 182 Å². The summed E-state index contributed by atoms with van der Waals surface area (Å²) in [5.74, 6) is 0.831. The van der Waals surface area contributed by atoms with E-state index in [4.69, 9.17) is 9.41 Å². The summed E-state index contributed by atoms with van der Waals surface area (Å²) in [6.07, 6.45) is -0.426. The van der Waals surface area contributed by atoms with E-state index in [2.05, 4.69) is 223 Å². The van der Waals surface area contributed by atoms with Gasteiger partial charge in [0.2, 0.25) is 6.17 Å². The average Bonchev–Trinajstić information content (AvgIpc) is 3.88. The van der Waals surface area contributed by atoms with Crippen LogP contribution in [0.5, 0.6) is 0 Å². The molecule has 4 heteroatoms. The molecule has 10 aromatic rings. The molecular weight excluding hydrogens is 755 g/mol. The van der Waals surface area contributed by atoms with Gasteiger partial charge in [0, 0.05) is 27.5 Å². The second-order valence-corrected chi connectivity index (χ2v) is 16.5. The number of nitrogens with zero attached hydrogens (tertiary/aromatic N) is 1. The van der Waals surface area contributed by atoms with Crippen LogP contribution in [0.25, 0.3) is 55.3 Å². The van der Waals surface area contributed by atoms with Crippen LogP contribution in [0.2, 0.25) is 0 Å². The van der Waals surface area contributed by atoms with Gasteiger partial charge in [-0.25, -0.2) is 4.99 Å². The first-order valence-corrected chi connectivity index (χ1v) is 21.4. The zero-order valence-corrected chi connectivity index (χ0v) is 33.9. The number of furan rings is 1. The Balaban J connectivity index is 1.04. The van der Waals surface area contributed by atoms with Gasteiger partial charge in [0.1, 0.15) is 17.0 Å². The Kier molecular flexibility index (Phi) is 8.58. The van der Waals surface area contributed by atoms with Crippen LogP contribution in [0, 0.1) is 0 Å². The van der Waals surface area contributed by atoms with E-state index in [0.717, 1.165) is 50.0 Å². The highest BCUT2D eigenvalue weighted by atomic mass is 16.3. The lowest BCUT2D eigenvalue weighted by Crippen LogP contribution is -2.90. The molecule has 0 spiro atoms. The van der Waals surface area contributed by atoms with Crippen LogP contribution in [0.15, 0.2) is 234 Å². The van der Waals surface area contributed by atoms with E-state index in [0.29, 0.717) is 0 Å². The summed E-state index contributed by atoms with van der Waals surface area (Å²) in [6.45, 7) is 0. The second-order valence-electron chi connectivity index (χ2n) is 16.5. The predicted octanol–water partition coefficient (Wildman–Crippen LogP) is 12.6. The summed E-state index contributed by atoms with van der Waals surface area (Å²) in [5, 5.41) is 8.55. The van der Waals surface area contributed by atoms with E-state index in [-0.39, 0.29) is 12.3 Å². The van der Waals surface area contributed by atoms with Crippen molar-refractivity contribution in [1.29, 1.82) is 0 Å². The maximum absolute atomic E-state index is 6.43. The SMILES string of the molecule is c1ccc(-c2cc(-c3ccccc3)cc(C3N=C(c4ccc5c(c4)oc4ccccc45)NC(c4ccc5c(c4)C(c4ccccc4)(c4ccccc4)c4ccccc4-5)[NH2+]3)c2)cc1. The van der Waals surface area contributed by atoms with Gasteiger partial charge in [0.15, 0.2) is 6.17 Å². The van der Waals surface area contributed by atoms with E-state index in [1.54, 1.807) is 0 Å². The Morgan fingerprint density at radius 3 is 1.69 bits per heavy atom. The van der Waals surface area contributed by atoms with E-state index in [9.17, 15) is 0 Å². The summed E-state index contributed by atoms with van der Waals surface area (Å²) in [6, 6.07) is 81.2. The van der Waals surface area contributed by atoms with Crippen molar-refractivity contribution in [2.45, 2.75) is 17.7 Å². The van der Waals surface area contributed by atoms with Crippen molar-refractivity contribution in [1.82, 2.24) is 5.32 Å². The first-order valence-electron chi connectivity index (χ1n) is 21.4. The number of quaternary nitrogens is 1. The summed E-state index contributed by atoms with van der Waals surface area (Å²) in [7, 11) is 0. The molecule has 2 unspecified atom stereocenters. The lowest BCUT2D eigenvalue weighted by atomic mass is 9.67. The van der Waals surface area contributed by atoms with Gasteiger partial charge in [-0.2, -0.15) is 0 Å². The van der Waals surface area contributed by atoms with Crippen LogP contribution < -0.4 is 10.6 Å². The fourth-order valence-electron chi connectivity index (χ4n) is 10.1. The van der Waals surface area contributed by atoms with Gasteiger partial charge < -0.3 is 9.73 Å². The average molecular weight is 797 g/mol. The molecule has 0 fully saturated rings. The van der Waals surface area contributed by atoms with Crippen molar-refractivity contribution in [3.05, 3.63) is 263 Å². The molecule has 2 atom stereocenters. The number of benzene rings is 9. The first-order chi connectivity index (χ1) is 30.7. The molecule has 1 aliphatic heterocycles. The van der Waals surface area contributed by atoms with Gasteiger partial charge in [0.05, 0.1) is 5.41 Å². The van der Waals surface area contributed by atoms with Gasteiger partial charge in [0.25, 0.3) is 0 Å². The number of fused-ring (bicyclic) bond motifs is 6. The molecule has 1 aromatic heterocycles. The highest BCUT2D eigenvalue weighted by Crippen LogP contribution is 2.56. The van der Waals surface area contributed by atoms with Crippen molar-refractivity contribution < 1.29 is 9.73 Å². The van der Waals surface area contributed by atoms with Crippen molar-refractivity contribution in [3.8, 4) is 33.4 Å². The van der Waals surface area contributed by atoms with E-state index in [1.807, 2.05) is 12.1 Å². The summed E-state index contributed by atoms with van der Waals surface area (Å²) < 4.78 is 6.43. The molecule has 2 heterocycles. The third-order valence-corrected chi connectivity index (χ3v) is 12.9. The van der Waals surface area contributed by atoms with Crippen molar-refractivity contribution in [2.24, 2.45) is 4.99 Å². The minimum atomic E-state index is -0.504. The molecule has 0 saturated carbocycles. The van der Waals surface area contributed by atoms with Gasteiger partial charge in [-0.3, -0.25) is 5.32 Å². The van der Waals surface area contributed by atoms with Crippen molar-refractivity contribution >= 4 is 27.8 Å². The molecule has 294 valence electrons. The summed E-state index contributed by atoms with van der Waals surface area (Å²) in [5.41, 5.74) is 16.8. The number of hydrogen-bond acceptors (Lipinski definition) is 3. The topological polar surface area (TPSA) is 54.1 Å². The zero-order valence-electron chi connectivity index (χ0n) is 33.9. The Labute approximate surface area is 360 Å². The molecule has 0 saturated heterocycles. The fourth-order valence-corrected chi connectivity index (χ4v) is 10.1. The Morgan fingerprint density at radius 1 is 0.419 bits per heavy atom. The smallest absolute Gasteiger partial charge is 0.209 e. The number of hydrogen-bond donors (Lipinski definition) is 2. The normalized spacial score (nSPS) is 16.4. The molecule has 4 nitrogen and oxygen atoms in total. The number of nitrogens with one attached hydrogen (secondary N) is 1. The highest BCUT2D eigenvalue weighted by molar-refractivity contribution is 6.08. The van der Waals surface area contributed by atoms with Gasteiger partial charge >= 0.3 is 0 Å². The molecule has 9 aromatic carbocycles. The van der Waals surface area contributed by atoms with Crippen LogP contribution in [0.4, 0.5) is 0 Å². The third kappa shape index (κ3) is 5.91. The van der Waals surface area contributed by atoms with E-state index in [1.165, 1.54) is 50.1 Å². The van der Waals surface area contributed by atoms with Gasteiger partial charge in [-0.05, 0) is 98.1 Å². The van der Waals surface area contributed by atoms with E-state index < -0.39 is 5.41 Å². The van der Waals surface area contributed by atoms with Gasteiger partial charge in [-0.15, -0.1) is 0 Å². The largest absolute Gasteiger partial charge is 0.456 e. The van der Waals surface area contributed by atoms with Crippen molar-refractivity contribution in [3.63, 3.8) is 0 Å². The molecule has 3 N–H and O–H groups in total. The Hall–Kier alpha value is -7.79. The maximum Gasteiger partial charge on any atom is 0.209 e. The number of amidine groups is 1. The van der Waals surface area contributed by atoms with Crippen LogP contribution in [0.3, 0.4) is 0 Å². The molecule has 62 heavy (non-hydrogen) atoms. The zero-order chi connectivity index (χ0) is 41.0. The highest BCUT2D eigenvalue weighted by Gasteiger charge is 2.46. The quantitative estimate of drug-likeness (QED) is 0.169. The lowest BCUT2D eigenvalue weighted by Gasteiger charge is -2.34. The number of rotatable bonds is 7. The van der Waals surface area contributed by atoms with Crippen LogP contribution in [-0.4, -0.2) is 5.84 Å². The molecule has 0 bridgehead atoms. The number of nitrogens with two attached hydrogens (primary N) is 1. The fraction of sp³-hybridized carbons (Fsp3) is 0.0517.